The van der Waals surface area contributed by atoms with Gasteiger partial charge in [0.1, 0.15) is 5.82 Å². The molecular weight excluding hydrogens is 298 g/mol. The number of hydrogen-bond donors (Lipinski definition) is 0. The van der Waals surface area contributed by atoms with Crippen molar-refractivity contribution in [3.05, 3.63) is 23.9 Å². The minimum absolute atomic E-state index is 0.151. The second-order valence-corrected chi connectivity index (χ2v) is 8.04. The number of anilines is 1. The van der Waals surface area contributed by atoms with E-state index in [1.165, 1.54) is 37.7 Å². The summed E-state index contributed by atoms with van der Waals surface area (Å²) < 4.78 is 0. The van der Waals surface area contributed by atoms with Gasteiger partial charge in [-0.05, 0) is 50.7 Å². The van der Waals surface area contributed by atoms with E-state index in [1.807, 2.05) is 6.20 Å². The van der Waals surface area contributed by atoms with Crippen LogP contribution in [0.2, 0.25) is 0 Å². The van der Waals surface area contributed by atoms with Crippen LogP contribution in [0.1, 0.15) is 56.9 Å². The minimum atomic E-state index is -0.151. The van der Waals surface area contributed by atoms with Crippen LogP contribution in [0.5, 0.6) is 0 Å². The van der Waals surface area contributed by atoms with Gasteiger partial charge in [-0.1, -0.05) is 25.3 Å². The summed E-state index contributed by atoms with van der Waals surface area (Å²) in [6, 6.07) is 4.72. The smallest absolute Gasteiger partial charge is 0.230 e. The molecule has 4 nitrogen and oxygen atoms in total. The summed E-state index contributed by atoms with van der Waals surface area (Å²) >= 11 is 0. The number of carbonyl (C=O) groups is 1. The Morgan fingerprint density at radius 3 is 2.67 bits per heavy atom. The van der Waals surface area contributed by atoms with Gasteiger partial charge in [0, 0.05) is 31.9 Å². The molecule has 3 fully saturated rings. The third-order valence-corrected chi connectivity index (χ3v) is 6.36. The predicted octanol–water partition coefficient (Wildman–Crippen LogP) is 3.54. The number of amides is 1. The highest BCUT2D eigenvalue weighted by Gasteiger charge is 2.49. The Bertz CT molecular complexity index is 593. The zero-order valence-electron chi connectivity index (χ0n) is 14.8. The van der Waals surface area contributed by atoms with Crippen LogP contribution in [-0.4, -0.2) is 41.5 Å². The average Bonchev–Trinajstić information content (AvgIpc) is 3.04. The molecule has 130 valence electrons. The first-order valence-electron chi connectivity index (χ1n) is 9.67. The fourth-order valence-electron chi connectivity index (χ4n) is 4.94. The molecule has 4 rings (SSSR count). The van der Waals surface area contributed by atoms with Crippen LogP contribution in [0.15, 0.2) is 18.3 Å². The molecule has 1 atom stereocenters. The number of carbonyl (C=O) groups excluding carboxylic acids is 1. The lowest BCUT2D eigenvalue weighted by molar-refractivity contribution is -0.148. The number of nitrogens with zero attached hydrogens (tertiary/aromatic N) is 3. The largest absolute Gasteiger partial charge is 0.356 e. The lowest BCUT2D eigenvalue weighted by atomic mass is 9.77. The fraction of sp³-hybridized carbons (Fsp3) is 0.700. The summed E-state index contributed by atoms with van der Waals surface area (Å²) in [5.41, 5.74) is 1.03. The van der Waals surface area contributed by atoms with E-state index < -0.39 is 0 Å². The third-order valence-electron chi connectivity index (χ3n) is 6.36. The van der Waals surface area contributed by atoms with Gasteiger partial charge in [0.25, 0.3) is 0 Å². The number of rotatable bonds is 2. The molecule has 0 aromatic carbocycles. The Labute approximate surface area is 145 Å². The van der Waals surface area contributed by atoms with Crippen molar-refractivity contribution >= 4 is 11.7 Å². The first-order valence-corrected chi connectivity index (χ1v) is 9.67. The summed E-state index contributed by atoms with van der Waals surface area (Å²) in [6.45, 7) is 4.86. The molecule has 1 aliphatic carbocycles. The van der Waals surface area contributed by atoms with Gasteiger partial charge < -0.3 is 9.80 Å². The summed E-state index contributed by atoms with van der Waals surface area (Å²) in [7, 11) is 0. The highest BCUT2D eigenvalue weighted by atomic mass is 16.2. The highest BCUT2D eigenvalue weighted by Crippen LogP contribution is 2.42. The van der Waals surface area contributed by atoms with Crippen molar-refractivity contribution in [1.29, 1.82) is 0 Å². The van der Waals surface area contributed by atoms with Gasteiger partial charge in [0.05, 0.1) is 5.41 Å². The van der Waals surface area contributed by atoms with Crippen LogP contribution < -0.4 is 4.90 Å². The number of likely N-dealkylation sites (tertiary alicyclic amines) is 1. The van der Waals surface area contributed by atoms with Gasteiger partial charge in [0.2, 0.25) is 5.91 Å². The van der Waals surface area contributed by atoms with Crippen LogP contribution >= 0.6 is 0 Å². The number of aryl methyl sites for hydroxylation is 1. The Hall–Kier alpha value is -1.58. The van der Waals surface area contributed by atoms with Crippen LogP contribution in [-0.2, 0) is 4.79 Å². The summed E-state index contributed by atoms with van der Waals surface area (Å²) in [4.78, 5) is 22.5. The number of pyridine rings is 1. The Morgan fingerprint density at radius 1 is 1.08 bits per heavy atom. The monoisotopic (exact) mass is 327 g/mol. The van der Waals surface area contributed by atoms with Crippen molar-refractivity contribution in [2.75, 3.05) is 24.5 Å². The van der Waals surface area contributed by atoms with Crippen molar-refractivity contribution in [3.8, 4) is 0 Å². The Kier molecular flexibility index (Phi) is 4.23. The van der Waals surface area contributed by atoms with Gasteiger partial charge in [-0.3, -0.25) is 4.79 Å². The average molecular weight is 327 g/mol. The fourth-order valence-corrected chi connectivity index (χ4v) is 4.94. The molecule has 1 amide bonds. The maximum absolute atomic E-state index is 13.4. The first kappa shape index (κ1) is 15.9. The van der Waals surface area contributed by atoms with Gasteiger partial charge in [-0.25, -0.2) is 4.98 Å². The molecule has 0 unspecified atom stereocenters. The van der Waals surface area contributed by atoms with Crippen LogP contribution in [0, 0.1) is 12.3 Å². The van der Waals surface area contributed by atoms with Crippen molar-refractivity contribution in [2.24, 2.45) is 5.41 Å². The van der Waals surface area contributed by atoms with Crippen molar-refractivity contribution < 1.29 is 4.79 Å². The molecule has 0 bridgehead atoms. The molecule has 2 saturated heterocycles. The van der Waals surface area contributed by atoms with Crippen LogP contribution in [0.25, 0.3) is 0 Å². The van der Waals surface area contributed by atoms with Gasteiger partial charge in [0.15, 0.2) is 0 Å². The molecule has 0 radical (unpaired) electrons. The third kappa shape index (κ3) is 2.80. The van der Waals surface area contributed by atoms with E-state index in [2.05, 4.69) is 33.8 Å². The van der Waals surface area contributed by atoms with E-state index in [9.17, 15) is 4.79 Å². The van der Waals surface area contributed by atoms with Crippen molar-refractivity contribution in [3.63, 3.8) is 0 Å². The van der Waals surface area contributed by atoms with E-state index >= 15 is 0 Å². The molecule has 1 spiro atoms. The number of aromatic nitrogens is 1. The first-order chi connectivity index (χ1) is 11.7. The topological polar surface area (TPSA) is 36.4 Å². The molecule has 3 aliphatic rings. The maximum Gasteiger partial charge on any atom is 0.230 e. The van der Waals surface area contributed by atoms with E-state index in [0.717, 1.165) is 44.7 Å². The quantitative estimate of drug-likeness (QED) is 0.833. The zero-order valence-corrected chi connectivity index (χ0v) is 14.8. The van der Waals surface area contributed by atoms with E-state index in [1.54, 1.807) is 0 Å². The predicted molar refractivity (Wildman–Crippen MR) is 96.1 cm³/mol. The molecular formula is C20H29N3O. The number of piperidine rings is 1. The molecule has 0 N–H and O–H groups in total. The zero-order chi connectivity index (χ0) is 16.6. The molecule has 1 aromatic rings. The molecule has 2 aliphatic heterocycles. The molecule has 1 aromatic heterocycles. The van der Waals surface area contributed by atoms with Crippen molar-refractivity contribution in [1.82, 2.24) is 9.88 Å². The van der Waals surface area contributed by atoms with Gasteiger partial charge in [-0.15, -0.1) is 0 Å². The van der Waals surface area contributed by atoms with Crippen LogP contribution in [0.3, 0.4) is 0 Å². The number of hydrogen-bond acceptors (Lipinski definition) is 3. The molecule has 3 heterocycles. The molecule has 24 heavy (non-hydrogen) atoms. The SMILES string of the molecule is Cc1ccc(N2CC[C@]3(CCCN(C4CCCCC4)C3=O)C2)nc1. The van der Waals surface area contributed by atoms with Crippen molar-refractivity contribution in [2.45, 2.75) is 64.3 Å². The van der Waals surface area contributed by atoms with Crippen LogP contribution in [0.4, 0.5) is 5.82 Å². The second-order valence-electron chi connectivity index (χ2n) is 8.04. The Morgan fingerprint density at radius 2 is 1.92 bits per heavy atom. The Balaban J connectivity index is 1.50. The second kappa shape index (κ2) is 6.38. The van der Waals surface area contributed by atoms with E-state index in [4.69, 9.17) is 0 Å². The summed E-state index contributed by atoms with van der Waals surface area (Å²) in [5, 5.41) is 0. The summed E-state index contributed by atoms with van der Waals surface area (Å²) in [5.74, 6) is 1.47. The van der Waals surface area contributed by atoms with Gasteiger partial charge in [-0.2, -0.15) is 0 Å². The standard InChI is InChI=1S/C20H29N3O/c1-16-8-9-18(21-14-16)22-13-11-20(15-22)10-5-12-23(19(20)24)17-6-3-2-4-7-17/h8-9,14,17H,2-7,10-13,15H2,1H3/t20-/m1/s1. The highest BCUT2D eigenvalue weighted by molar-refractivity contribution is 5.85. The van der Waals surface area contributed by atoms with E-state index in [0.29, 0.717) is 11.9 Å². The molecule has 4 heteroatoms. The summed E-state index contributed by atoms with van der Waals surface area (Å²) in [6.07, 6.45) is 11.5. The molecule has 1 saturated carbocycles. The minimum Gasteiger partial charge on any atom is -0.356 e. The normalized spacial score (nSPS) is 28.8. The maximum atomic E-state index is 13.4. The lowest BCUT2D eigenvalue weighted by Crippen LogP contribution is -2.54. The van der Waals surface area contributed by atoms with Gasteiger partial charge >= 0.3 is 0 Å². The lowest BCUT2D eigenvalue weighted by Gasteiger charge is -2.44. The van der Waals surface area contributed by atoms with E-state index in [-0.39, 0.29) is 5.41 Å².